The van der Waals surface area contributed by atoms with E-state index in [1.165, 1.54) is 70.5 Å². The van der Waals surface area contributed by atoms with E-state index in [1.807, 2.05) is 13.8 Å². The van der Waals surface area contributed by atoms with Gasteiger partial charge in [-0.3, -0.25) is 4.79 Å². The summed E-state index contributed by atoms with van der Waals surface area (Å²) in [5.74, 6) is 5.09. The Morgan fingerprint density at radius 2 is 1.77 bits per heavy atom. The number of rotatable bonds is 4. The number of methoxy groups -OCH3 is 1. The minimum Gasteiger partial charge on any atom is -0.469 e. The van der Waals surface area contributed by atoms with Crippen LogP contribution in [-0.4, -0.2) is 13.1 Å². The summed E-state index contributed by atoms with van der Waals surface area (Å²) in [5.41, 5.74) is 2.58. The fourth-order valence-corrected chi connectivity index (χ4v) is 8.78. The Labute approximate surface area is 186 Å². The van der Waals surface area contributed by atoms with Crippen molar-refractivity contribution in [2.45, 2.75) is 105 Å². The molecule has 5 unspecified atom stereocenters. The van der Waals surface area contributed by atoms with Gasteiger partial charge in [-0.15, -0.1) is 0 Å². The molecule has 0 radical (unpaired) electrons. The third-order valence-corrected chi connectivity index (χ3v) is 10.4. The van der Waals surface area contributed by atoms with Crippen LogP contribution in [0.3, 0.4) is 0 Å². The molecule has 4 saturated carbocycles. The van der Waals surface area contributed by atoms with Crippen LogP contribution in [-0.2, 0) is 9.53 Å². The summed E-state index contributed by atoms with van der Waals surface area (Å²) in [6, 6.07) is 0. The van der Waals surface area contributed by atoms with Gasteiger partial charge in [-0.2, -0.15) is 0 Å². The van der Waals surface area contributed by atoms with Crippen molar-refractivity contribution in [3.8, 4) is 0 Å². The Kier molecular flexibility index (Phi) is 7.45. The molecular weight excluding hydrogens is 368 g/mol. The first kappa shape index (κ1) is 23.9. The van der Waals surface area contributed by atoms with Crippen LogP contribution in [0.4, 0.5) is 0 Å². The van der Waals surface area contributed by atoms with E-state index in [0.717, 1.165) is 36.0 Å². The van der Waals surface area contributed by atoms with Crippen LogP contribution >= 0.6 is 0 Å². The highest BCUT2D eigenvalue weighted by atomic mass is 16.5. The molecule has 4 aliphatic carbocycles. The highest BCUT2D eigenvalue weighted by Crippen LogP contribution is 2.68. The number of hydrogen-bond donors (Lipinski definition) is 0. The number of esters is 1. The lowest BCUT2D eigenvalue weighted by atomic mass is 9.44. The molecule has 0 aromatic carbocycles. The maximum absolute atomic E-state index is 11.6. The van der Waals surface area contributed by atoms with Gasteiger partial charge in [-0.05, 0) is 111 Å². The Hall–Kier alpha value is -0.790. The van der Waals surface area contributed by atoms with Crippen molar-refractivity contribution in [1.82, 2.24) is 0 Å². The van der Waals surface area contributed by atoms with Crippen LogP contribution in [0.5, 0.6) is 0 Å². The van der Waals surface area contributed by atoms with Crippen LogP contribution in [0, 0.1) is 46.3 Å². The van der Waals surface area contributed by atoms with Crippen LogP contribution in [0.25, 0.3) is 0 Å². The fourth-order valence-electron chi connectivity index (χ4n) is 8.78. The Morgan fingerprint density at radius 1 is 1.07 bits per heavy atom. The highest BCUT2D eigenvalue weighted by Gasteiger charge is 2.60. The molecule has 0 amide bonds. The quantitative estimate of drug-likeness (QED) is 0.345. The monoisotopic (exact) mass is 416 g/mol. The predicted octanol–water partition coefficient (Wildman–Crippen LogP) is 7.82. The molecule has 8 atom stereocenters. The highest BCUT2D eigenvalue weighted by molar-refractivity contribution is 5.69. The zero-order chi connectivity index (χ0) is 22.1. The van der Waals surface area contributed by atoms with Gasteiger partial charge in [0, 0.05) is 6.42 Å². The average Bonchev–Trinajstić information content (AvgIpc) is 3.11. The largest absolute Gasteiger partial charge is 0.469 e. The molecule has 0 heterocycles. The van der Waals surface area contributed by atoms with Crippen molar-refractivity contribution >= 4 is 5.97 Å². The summed E-state index contributed by atoms with van der Waals surface area (Å²) >= 11 is 0. The van der Waals surface area contributed by atoms with Crippen LogP contribution < -0.4 is 0 Å². The number of carbonyl (C=O) groups excluding carboxylic acids is 1. The molecule has 4 fully saturated rings. The minimum atomic E-state index is -0.0413. The molecule has 0 saturated heterocycles. The molecule has 4 rings (SSSR count). The number of carbonyl (C=O) groups is 1. The maximum atomic E-state index is 11.6. The van der Waals surface area contributed by atoms with Crippen molar-refractivity contribution < 1.29 is 9.53 Å². The molecule has 0 bridgehead atoms. The first-order chi connectivity index (χ1) is 14.3. The summed E-state index contributed by atoms with van der Waals surface area (Å²) in [6.07, 6.45) is 14.1. The fraction of sp³-hybridized carbons (Fsp3) is 0.893. The molecule has 2 nitrogen and oxygen atoms in total. The predicted molar refractivity (Wildman–Crippen MR) is 126 cm³/mol. The van der Waals surface area contributed by atoms with Gasteiger partial charge >= 0.3 is 5.97 Å². The van der Waals surface area contributed by atoms with E-state index < -0.39 is 0 Å². The van der Waals surface area contributed by atoms with Crippen molar-refractivity contribution in [3.63, 3.8) is 0 Å². The number of hydrogen-bond acceptors (Lipinski definition) is 2. The first-order valence-corrected chi connectivity index (χ1v) is 13.0. The van der Waals surface area contributed by atoms with Gasteiger partial charge in [0.1, 0.15) is 0 Å². The number of ether oxygens (including phenoxy) is 1. The zero-order valence-electron chi connectivity index (χ0n) is 20.8. The van der Waals surface area contributed by atoms with E-state index in [2.05, 4.69) is 27.4 Å². The smallest absolute Gasteiger partial charge is 0.305 e. The Balaban J connectivity index is 0.00000124. The molecule has 0 aliphatic heterocycles. The third kappa shape index (κ3) is 4.02. The Morgan fingerprint density at radius 3 is 2.47 bits per heavy atom. The molecular formula is C28H48O2. The standard InChI is InChI=1S/C26H42O2.C2H6/c1-17-12-14-25(3)19(16-17)7-8-20-22-10-9-21(18(2)6-11-24(27)28-5)26(22,4)15-13-23(20)25;1-2/h18-23H,1,6-16H2,2-5H3;1-2H3/t18?,19?,20?,21-,22?,23?,25+,26-;/m1./s1. The first-order valence-electron chi connectivity index (χ1n) is 13.0. The van der Waals surface area contributed by atoms with Gasteiger partial charge in [0.15, 0.2) is 0 Å². The van der Waals surface area contributed by atoms with E-state index in [0.29, 0.717) is 23.2 Å². The number of allylic oxidation sites excluding steroid dienone is 1. The van der Waals surface area contributed by atoms with Gasteiger partial charge in [0.05, 0.1) is 7.11 Å². The third-order valence-electron chi connectivity index (χ3n) is 10.4. The normalized spacial score (nSPS) is 43.4. The van der Waals surface area contributed by atoms with Gasteiger partial charge < -0.3 is 4.74 Å². The Bertz CT molecular complexity index is 624. The molecule has 0 aromatic rings. The molecule has 4 aliphatic rings. The van der Waals surface area contributed by atoms with E-state index in [-0.39, 0.29) is 5.97 Å². The van der Waals surface area contributed by atoms with Crippen LogP contribution in [0.1, 0.15) is 105 Å². The molecule has 2 heteroatoms. The topological polar surface area (TPSA) is 26.3 Å². The summed E-state index contributed by atoms with van der Waals surface area (Å²) in [7, 11) is 1.51. The van der Waals surface area contributed by atoms with Crippen LogP contribution in [0.15, 0.2) is 12.2 Å². The second-order valence-electron chi connectivity index (χ2n) is 11.4. The average molecular weight is 417 g/mol. The molecule has 0 N–H and O–H groups in total. The van der Waals surface area contributed by atoms with E-state index >= 15 is 0 Å². The second kappa shape index (κ2) is 9.37. The summed E-state index contributed by atoms with van der Waals surface area (Å²) in [6.45, 7) is 16.0. The maximum Gasteiger partial charge on any atom is 0.305 e. The number of fused-ring (bicyclic) bond motifs is 5. The second-order valence-corrected chi connectivity index (χ2v) is 11.4. The molecule has 172 valence electrons. The van der Waals surface area contributed by atoms with Crippen molar-refractivity contribution in [1.29, 1.82) is 0 Å². The molecule has 0 aromatic heterocycles. The van der Waals surface area contributed by atoms with Crippen LogP contribution in [0.2, 0.25) is 0 Å². The van der Waals surface area contributed by atoms with E-state index in [9.17, 15) is 4.79 Å². The van der Waals surface area contributed by atoms with Gasteiger partial charge in [-0.25, -0.2) is 0 Å². The van der Waals surface area contributed by atoms with E-state index in [4.69, 9.17) is 4.74 Å². The summed E-state index contributed by atoms with van der Waals surface area (Å²) < 4.78 is 4.89. The lowest BCUT2D eigenvalue weighted by Gasteiger charge is -2.61. The van der Waals surface area contributed by atoms with Gasteiger partial charge in [0.2, 0.25) is 0 Å². The summed E-state index contributed by atoms with van der Waals surface area (Å²) in [4.78, 5) is 11.6. The van der Waals surface area contributed by atoms with Crippen molar-refractivity contribution in [3.05, 3.63) is 12.2 Å². The van der Waals surface area contributed by atoms with E-state index in [1.54, 1.807) is 0 Å². The lowest BCUT2D eigenvalue weighted by Crippen LogP contribution is -2.53. The zero-order valence-corrected chi connectivity index (χ0v) is 20.8. The van der Waals surface area contributed by atoms with Crippen molar-refractivity contribution in [2.75, 3.05) is 7.11 Å². The minimum absolute atomic E-state index is 0.0413. The van der Waals surface area contributed by atoms with Gasteiger partial charge in [-0.1, -0.05) is 46.8 Å². The molecule has 0 spiro atoms. The SMILES string of the molecule is C=C1CC[C@@]2(C)C(CCC3C2CC[C@@]2(C)C3CC[C@@H]2C(C)CCC(=O)OC)C1.CC. The van der Waals surface area contributed by atoms with Crippen molar-refractivity contribution in [2.24, 2.45) is 46.3 Å². The van der Waals surface area contributed by atoms with Gasteiger partial charge in [0.25, 0.3) is 0 Å². The molecule has 30 heavy (non-hydrogen) atoms. The summed E-state index contributed by atoms with van der Waals surface area (Å²) in [5, 5.41) is 0. The lowest BCUT2D eigenvalue weighted by molar-refractivity contribution is -0.141.